The predicted octanol–water partition coefficient (Wildman–Crippen LogP) is 1.03. The van der Waals surface area contributed by atoms with Crippen LogP contribution in [0.3, 0.4) is 0 Å². The van der Waals surface area contributed by atoms with Gasteiger partial charge in [0.2, 0.25) is 0 Å². The topological polar surface area (TPSA) is 89.1 Å². The quantitative estimate of drug-likeness (QED) is 0.606. The van der Waals surface area contributed by atoms with E-state index < -0.39 is 0 Å². The van der Waals surface area contributed by atoms with Gasteiger partial charge in [0.15, 0.2) is 5.78 Å². The first-order chi connectivity index (χ1) is 8.22. The number of rotatable bonds is 3. The maximum absolute atomic E-state index is 11.7. The Morgan fingerprint density at radius 3 is 3.06 bits per heavy atom. The molecule has 1 aromatic heterocycles. The first-order valence-corrected chi connectivity index (χ1v) is 5.06. The number of carbonyl (C=O) groups excluding carboxylic acids is 1. The van der Waals surface area contributed by atoms with Gasteiger partial charge in [0.05, 0.1) is 11.1 Å². The molecule has 1 aromatic carbocycles. The number of allylic oxidation sites excluding steroid dienone is 1. The number of carbonyl (C=O) groups is 1. The summed E-state index contributed by atoms with van der Waals surface area (Å²) in [5.41, 5.74) is 6.08. The van der Waals surface area contributed by atoms with Gasteiger partial charge in [-0.1, -0.05) is 6.08 Å². The molecule has 5 nitrogen and oxygen atoms in total. The molecule has 0 unspecified atom stereocenters. The third-order valence-electron chi connectivity index (χ3n) is 2.29. The highest BCUT2D eigenvalue weighted by molar-refractivity contribution is 6.08. The molecule has 17 heavy (non-hydrogen) atoms. The van der Waals surface area contributed by atoms with E-state index in [-0.39, 0.29) is 23.6 Å². The number of aromatic hydroxyl groups is 1. The molecule has 0 saturated heterocycles. The zero-order chi connectivity index (χ0) is 12.3. The van der Waals surface area contributed by atoms with E-state index in [4.69, 9.17) is 5.73 Å². The van der Waals surface area contributed by atoms with Gasteiger partial charge in [-0.3, -0.25) is 4.79 Å². The monoisotopic (exact) mass is 229 g/mol. The van der Waals surface area contributed by atoms with Gasteiger partial charge < -0.3 is 10.8 Å². The van der Waals surface area contributed by atoms with Gasteiger partial charge in [-0.05, 0) is 18.2 Å². The summed E-state index contributed by atoms with van der Waals surface area (Å²) in [7, 11) is 0. The van der Waals surface area contributed by atoms with Gasteiger partial charge in [0.25, 0.3) is 0 Å². The highest BCUT2D eigenvalue weighted by Gasteiger charge is 2.10. The molecule has 0 radical (unpaired) electrons. The second kappa shape index (κ2) is 4.71. The maximum Gasteiger partial charge on any atom is 0.189 e. The molecule has 3 N–H and O–H groups in total. The van der Waals surface area contributed by atoms with Crippen LogP contribution in [0.1, 0.15) is 10.4 Å². The van der Waals surface area contributed by atoms with Crippen LogP contribution in [-0.2, 0) is 0 Å². The lowest BCUT2D eigenvalue weighted by atomic mass is 10.1. The molecule has 0 aliphatic heterocycles. The SMILES string of the molecule is NCC=CC(=O)c1cc2ncncc2cc1O. The number of aromatic nitrogens is 2. The van der Waals surface area contributed by atoms with Crippen LogP contribution in [0.4, 0.5) is 0 Å². The van der Waals surface area contributed by atoms with Crippen molar-refractivity contribution in [3.8, 4) is 5.75 Å². The Morgan fingerprint density at radius 2 is 2.29 bits per heavy atom. The summed E-state index contributed by atoms with van der Waals surface area (Å²) in [5, 5.41) is 10.4. The lowest BCUT2D eigenvalue weighted by molar-refractivity contribution is 0.104. The number of fused-ring (bicyclic) bond motifs is 1. The van der Waals surface area contributed by atoms with Gasteiger partial charge in [-0.15, -0.1) is 0 Å². The minimum Gasteiger partial charge on any atom is -0.507 e. The number of benzene rings is 1. The van der Waals surface area contributed by atoms with Gasteiger partial charge in [0.1, 0.15) is 12.1 Å². The lowest BCUT2D eigenvalue weighted by Gasteiger charge is -2.02. The van der Waals surface area contributed by atoms with Crippen LogP contribution in [0.15, 0.2) is 36.8 Å². The molecule has 0 bridgehead atoms. The second-order valence-electron chi connectivity index (χ2n) is 3.45. The average molecular weight is 229 g/mol. The summed E-state index contributed by atoms with van der Waals surface area (Å²) in [4.78, 5) is 19.6. The zero-order valence-corrected chi connectivity index (χ0v) is 9.00. The molecule has 0 amide bonds. The molecule has 1 heterocycles. The molecular formula is C12H11N3O2. The zero-order valence-electron chi connectivity index (χ0n) is 9.00. The highest BCUT2D eigenvalue weighted by Crippen LogP contribution is 2.23. The van der Waals surface area contributed by atoms with Crippen LogP contribution in [0.25, 0.3) is 10.9 Å². The number of phenolic OH excluding ortho intramolecular Hbond substituents is 1. The van der Waals surface area contributed by atoms with E-state index in [9.17, 15) is 9.90 Å². The Labute approximate surface area is 97.6 Å². The molecule has 0 aliphatic carbocycles. The normalized spacial score (nSPS) is 11.1. The molecule has 5 heteroatoms. The lowest BCUT2D eigenvalue weighted by Crippen LogP contribution is -1.99. The minimum atomic E-state index is -0.298. The first-order valence-electron chi connectivity index (χ1n) is 5.06. The summed E-state index contributed by atoms with van der Waals surface area (Å²) >= 11 is 0. The third kappa shape index (κ3) is 2.29. The van der Waals surface area contributed by atoms with Crippen molar-refractivity contribution in [2.75, 3.05) is 6.54 Å². The first kappa shape index (κ1) is 11.2. The molecular weight excluding hydrogens is 218 g/mol. The second-order valence-corrected chi connectivity index (χ2v) is 3.45. The van der Waals surface area contributed by atoms with Crippen molar-refractivity contribution in [3.63, 3.8) is 0 Å². The predicted molar refractivity (Wildman–Crippen MR) is 63.7 cm³/mol. The van der Waals surface area contributed by atoms with Gasteiger partial charge in [0, 0.05) is 18.1 Å². The number of nitrogens with two attached hydrogens (primary N) is 1. The summed E-state index contributed by atoms with van der Waals surface area (Å²) in [6.07, 6.45) is 5.84. The molecule has 0 fully saturated rings. The van der Waals surface area contributed by atoms with E-state index in [1.54, 1.807) is 6.20 Å². The molecule has 2 aromatic rings. The summed E-state index contributed by atoms with van der Waals surface area (Å²) in [6, 6.07) is 3.01. The summed E-state index contributed by atoms with van der Waals surface area (Å²) in [6.45, 7) is 0.280. The Morgan fingerprint density at radius 1 is 1.47 bits per heavy atom. The van der Waals surface area contributed by atoms with Crippen molar-refractivity contribution < 1.29 is 9.90 Å². The van der Waals surface area contributed by atoms with Crippen LogP contribution in [0.2, 0.25) is 0 Å². The van der Waals surface area contributed by atoms with E-state index in [2.05, 4.69) is 9.97 Å². The Hall–Kier alpha value is -2.27. The molecule has 0 aliphatic rings. The maximum atomic E-state index is 11.7. The van der Waals surface area contributed by atoms with Crippen molar-refractivity contribution in [2.24, 2.45) is 5.73 Å². The highest BCUT2D eigenvalue weighted by atomic mass is 16.3. The van der Waals surface area contributed by atoms with Crippen LogP contribution in [-0.4, -0.2) is 27.4 Å². The van der Waals surface area contributed by atoms with Gasteiger partial charge in [-0.2, -0.15) is 0 Å². The van der Waals surface area contributed by atoms with E-state index in [1.165, 1.54) is 30.6 Å². The van der Waals surface area contributed by atoms with Gasteiger partial charge >= 0.3 is 0 Å². The van der Waals surface area contributed by atoms with Crippen molar-refractivity contribution in [1.29, 1.82) is 0 Å². The number of phenols is 1. The van der Waals surface area contributed by atoms with Crippen molar-refractivity contribution in [1.82, 2.24) is 9.97 Å². The minimum absolute atomic E-state index is 0.0843. The smallest absolute Gasteiger partial charge is 0.189 e. The molecule has 0 spiro atoms. The summed E-state index contributed by atoms with van der Waals surface area (Å²) in [5.74, 6) is -0.382. The Kier molecular flexibility index (Phi) is 3.11. The number of ketones is 1. The fraction of sp³-hybridized carbons (Fsp3) is 0.0833. The van der Waals surface area contributed by atoms with E-state index in [0.29, 0.717) is 10.9 Å². The fourth-order valence-electron chi connectivity index (χ4n) is 1.48. The molecule has 86 valence electrons. The van der Waals surface area contributed by atoms with Crippen LogP contribution >= 0.6 is 0 Å². The van der Waals surface area contributed by atoms with Crippen LogP contribution in [0, 0.1) is 0 Å². The van der Waals surface area contributed by atoms with Crippen molar-refractivity contribution >= 4 is 16.7 Å². The molecule has 0 saturated carbocycles. The molecule has 2 rings (SSSR count). The summed E-state index contributed by atoms with van der Waals surface area (Å²) < 4.78 is 0. The number of hydrogen-bond acceptors (Lipinski definition) is 5. The molecule has 0 atom stereocenters. The van der Waals surface area contributed by atoms with E-state index in [0.717, 1.165) is 0 Å². The average Bonchev–Trinajstić information content (AvgIpc) is 2.35. The Bertz CT molecular complexity index is 593. The largest absolute Gasteiger partial charge is 0.507 e. The van der Waals surface area contributed by atoms with Gasteiger partial charge in [-0.25, -0.2) is 9.97 Å². The van der Waals surface area contributed by atoms with Crippen molar-refractivity contribution in [2.45, 2.75) is 0 Å². The third-order valence-corrected chi connectivity index (χ3v) is 2.29. The van der Waals surface area contributed by atoms with E-state index >= 15 is 0 Å². The Balaban J connectivity index is 2.51. The number of nitrogens with zero attached hydrogens (tertiary/aromatic N) is 2. The van der Waals surface area contributed by atoms with E-state index in [1.807, 2.05) is 0 Å². The van der Waals surface area contributed by atoms with Crippen molar-refractivity contribution in [3.05, 3.63) is 42.4 Å². The fourth-order valence-corrected chi connectivity index (χ4v) is 1.48. The van der Waals surface area contributed by atoms with Crippen LogP contribution < -0.4 is 5.73 Å². The standard InChI is InChI=1S/C12H11N3O2/c13-3-1-2-11(16)9-5-10-8(4-12(9)17)6-14-7-15-10/h1-2,4-7,17H,3,13H2. The van der Waals surface area contributed by atoms with Crippen LogP contribution in [0.5, 0.6) is 5.75 Å². The number of hydrogen-bond donors (Lipinski definition) is 2.